The molecule has 0 saturated heterocycles. The monoisotopic (exact) mass is 407 g/mol. The highest BCUT2D eigenvalue weighted by Crippen LogP contribution is 2.38. The van der Waals surface area contributed by atoms with E-state index in [1.807, 2.05) is 25.1 Å². The number of aliphatic imine (C=N–C) groups is 1. The Morgan fingerprint density at radius 3 is 2.52 bits per heavy atom. The van der Waals surface area contributed by atoms with Gasteiger partial charge in [0.25, 0.3) is 0 Å². The van der Waals surface area contributed by atoms with Crippen LogP contribution in [0.3, 0.4) is 0 Å². The van der Waals surface area contributed by atoms with Crippen LogP contribution < -0.4 is 29.6 Å². The Balaban J connectivity index is 1.66. The molecule has 0 aromatic heterocycles. The lowest BCUT2D eigenvalue weighted by Gasteiger charge is -2.15. The Hall–Kier alpha value is -3.23. The lowest BCUT2D eigenvalue weighted by atomic mass is 10.1. The van der Waals surface area contributed by atoms with E-state index in [9.17, 15) is 8.78 Å². The van der Waals surface area contributed by atoms with E-state index < -0.39 is 6.61 Å². The number of benzene rings is 2. The van der Waals surface area contributed by atoms with Gasteiger partial charge in [0.2, 0.25) is 6.79 Å². The van der Waals surface area contributed by atoms with Gasteiger partial charge in [-0.2, -0.15) is 8.78 Å². The van der Waals surface area contributed by atoms with Crippen LogP contribution in [0.1, 0.15) is 16.7 Å². The number of nitrogens with zero attached hydrogens (tertiary/aromatic N) is 1. The summed E-state index contributed by atoms with van der Waals surface area (Å²) in [6, 6.07) is 8.93. The molecule has 1 aliphatic heterocycles. The molecule has 2 N–H and O–H groups in total. The standard InChI is InChI=1S/C20H23F2N3O4/c1-12-4-13(6-15(5-12)26-3)9-24-20(23-2)25-10-14-7-17-18(28-11-27-17)8-16(14)29-19(21)22/h4-8,19H,9-11H2,1-3H3,(H2,23,24,25). The highest BCUT2D eigenvalue weighted by molar-refractivity contribution is 5.79. The molecule has 0 atom stereocenters. The average Bonchev–Trinajstić information content (AvgIpc) is 3.14. The fraction of sp³-hybridized carbons (Fsp3) is 0.350. The van der Waals surface area contributed by atoms with Gasteiger partial charge in [0.1, 0.15) is 11.5 Å². The van der Waals surface area contributed by atoms with Gasteiger partial charge in [-0.1, -0.05) is 6.07 Å². The highest BCUT2D eigenvalue weighted by Gasteiger charge is 2.20. The van der Waals surface area contributed by atoms with Crippen LogP contribution in [-0.4, -0.2) is 33.5 Å². The van der Waals surface area contributed by atoms with Gasteiger partial charge in [0, 0.05) is 31.8 Å². The lowest BCUT2D eigenvalue weighted by Crippen LogP contribution is -2.36. The maximum Gasteiger partial charge on any atom is 0.387 e. The number of aryl methyl sites for hydroxylation is 1. The van der Waals surface area contributed by atoms with Gasteiger partial charge in [-0.3, -0.25) is 4.99 Å². The maximum absolute atomic E-state index is 12.8. The molecule has 156 valence electrons. The van der Waals surface area contributed by atoms with Crippen molar-refractivity contribution < 1.29 is 27.7 Å². The average molecular weight is 407 g/mol. The second kappa shape index (κ2) is 9.31. The van der Waals surface area contributed by atoms with E-state index in [1.165, 1.54) is 6.07 Å². The normalized spacial score (nSPS) is 12.8. The zero-order valence-electron chi connectivity index (χ0n) is 16.4. The van der Waals surface area contributed by atoms with Crippen molar-refractivity contribution in [2.75, 3.05) is 21.0 Å². The summed E-state index contributed by atoms with van der Waals surface area (Å²) in [5, 5.41) is 6.28. The predicted octanol–water partition coefficient (Wildman–Crippen LogP) is 3.20. The first-order chi connectivity index (χ1) is 14.0. The third-order valence-corrected chi connectivity index (χ3v) is 4.25. The van der Waals surface area contributed by atoms with Crippen LogP contribution in [0.2, 0.25) is 0 Å². The Kier molecular flexibility index (Phi) is 6.58. The van der Waals surface area contributed by atoms with Crippen molar-refractivity contribution in [1.29, 1.82) is 0 Å². The molecule has 0 radical (unpaired) electrons. The van der Waals surface area contributed by atoms with Crippen molar-refractivity contribution in [3.05, 3.63) is 47.0 Å². The first-order valence-electron chi connectivity index (χ1n) is 8.95. The number of ether oxygens (including phenoxy) is 4. The van der Waals surface area contributed by atoms with Crippen molar-refractivity contribution in [1.82, 2.24) is 10.6 Å². The van der Waals surface area contributed by atoms with Crippen LogP contribution in [0, 0.1) is 6.92 Å². The van der Waals surface area contributed by atoms with Crippen LogP contribution in [0.4, 0.5) is 8.78 Å². The number of fused-ring (bicyclic) bond motifs is 1. The van der Waals surface area contributed by atoms with Gasteiger partial charge in [0.05, 0.1) is 7.11 Å². The smallest absolute Gasteiger partial charge is 0.387 e. The lowest BCUT2D eigenvalue weighted by molar-refractivity contribution is -0.0505. The molecule has 0 saturated carbocycles. The molecule has 3 rings (SSSR count). The molecular weight excluding hydrogens is 384 g/mol. The number of guanidine groups is 1. The summed E-state index contributed by atoms with van der Waals surface area (Å²) in [6.07, 6.45) is 0. The van der Waals surface area contributed by atoms with Crippen molar-refractivity contribution >= 4 is 5.96 Å². The molecule has 0 bridgehead atoms. The molecule has 7 nitrogen and oxygen atoms in total. The summed E-state index contributed by atoms with van der Waals surface area (Å²) in [4.78, 5) is 4.16. The minimum atomic E-state index is -2.94. The molecule has 1 aliphatic rings. The molecule has 0 unspecified atom stereocenters. The van der Waals surface area contributed by atoms with Gasteiger partial charge >= 0.3 is 6.61 Å². The van der Waals surface area contributed by atoms with E-state index in [0.29, 0.717) is 29.6 Å². The highest BCUT2D eigenvalue weighted by atomic mass is 19.3. The van der Waals surface area contributed by atoms with E-state index in [2.05, 4.69) is 20.4 Å². The van der Waals surface area contributed by atoms with Crippen LogP contribution in [0.15, 0.2) is 35.3 Å². The fourth-order valence-corrected chi connectivity index (χ4v) is 2.94. The molecule has 1 heterocycles. The van der Waals surface area contributed by atoms with Crippen molar-refractivity contribution in [2.45, 2.75) is 26.6 Å². The number of hydrogen-bond acceptors (Lipinski definition) is 5. The van der Waals surface area contributed by atoms with Crippen LogP contribution in [0.5, 0.6) is 23.0 Å². The molecule has 9 heteroatoms. The van der Waals surface area contributed by atoms with E-state index in [-0.39, 0.29) is 19.1 Å². The summed E-state index contributed by atoms with van der Waals surface area (Å²) >= 11 is 0. The van der Waals surface area contributed by atoms with Crippen molar-refractivity contribution in [3.8, 4) is 23.0 Å². The van der Waals surface area contributed by atoms with Crippen LogP contribution >= 0.6 is 0 Å². The minimum Gasteiger partial charge on any atom is -0.497 e. The largest absolute Gasteiger partial charge is 0.497 e. The molecule has 2 aromatic carbocycles. The number of methoxy groups -OCH3 is 1. The molecular formula is C20H23F2N3O4. The fourth-order valence-electron chi connectivity index (χ4n) is 2.94. The molecule has 2 aromatic rings. The summed E-state index contributed by atoms with van der Waals surface area (Å²) < 4.78 is 46.0. The Labute approximate surface area is 167 Å². The zero-order chi connectivity index (χ0) is 20.8. The number of nitrogens with one attached hydrogen (secondary N) is 2. The van der Waals surface area contributed by atoms with E-state index >= 15 is 0 Å². The Bertz CT molecular complexity index is 890. The van der Waals surface area contributed by atoms with Gasteiger partial charge in [0.15, 0.2) is 17.5 Å². The predicted molar refractivity (Wildman–Crippen MR) is 104 cm³/mol. The number of halogens is 2. The second-order valence-corrected chi connectivity index (χ2v) is 6.33. The second-order valence-electron chi connectivity index (χ2n) is 6.33. The first kappa shape index (κ1) is 20.5. The number of hydrogen-bond donors (Lipinski definition) is 2. The van der Waals surface area contributed by atoms with Crippen molar-refractivity contribution in [2.24, 2.45) is 4.99 Å². The first-order valence-corrected chi connectivity index (χ1v) is 8.95. The number of alkyl halides is 2. The maximum atomic E-state index is 12.8. The summed E-state index contributed by atoms with van der Waals surface area (Å²) in [6.45, 7) is -0.190. The van der Waals surface area contributed by atoms with E-state index in [0.717, 1.165) is 16.9 Å². The molecule has 0 amide bonds. The molecule has 0 fully saturated rings. The Morgan fingerprint density at radius 1 is 1.10 bits per heavy atom. The third kappa shape index (κ3) is 5.40. The Morgan fingerprint density at radius 2 is 1.83 bits per heavy atom. The van der Waals surface area contributed by atoms with Gasteiger partial charge in [-0.05, 0) is 36.2 Å². The SMILES string of the molecule is CN=C(NCc1cc(C)cc(OC)c1)NCc1cc2c(cc1OC(F)F)OCO2. The van der Waals surface area contributed by atoms with Gasteiger partial charge in [-0.15, -0.1) is 0 Å². The molecule has 0 spiro atoms. The van der Waals surface area contributed by atoms with Gasteiger partial charge < -0.3 is 29.6 Å². The summed E-state index contributed by atoms with van der Waals surface area (Å²) in [7, 11) is 3.25. The van der Waals surface area contributed by atoms with E-state index in [4.69, 9.17) is 14.2 Å². The molecule has 0 aliphatic carbocycles. The van der Waals surface area contributed by atoms with Crippen LogP contribution in [-0.2, 0) is 13.1 Å². The van der Waals surface area contributed by atoms with Gasteiger partial charge in [-0.25, -0.2) is 0 Å². The van der Waals surface area contributed by atoms with E-state index in [1.54, 1.807) is 20.2 Å². The topological polar surface area (TPSA) is 73.3 Å². The zero-order valence-corrected chi connectivity index (χ0v) is 16.4. The summed E-state index contributed by atoms with van der Waals surface area (Å²) in [5.74, 6) is 2.17. The van der Waals surface area contributed by atoms with Crippen molar-refractivity contribution in [3.63, 3.8) is 0 Å². The quantitative estimate of drug-likeness (QED) is 0.543. The number of rotatable bonds is 7. The summed E-state index contributed by atoms with van der Waals surface area (Å²) in [5.41, 5.74) is 2.60. The minimum absolute atomic E-state index is 0.0237. The third-order valence-electron chi connectivity index (χ3n) is 4.25. The van der Waals surface area contributed by atoms with Crippen LogP contribution in [0.25, 0.3) is 0 Å². The molecule has 29 heavy (non-hydrogen) atoms.